The highest BCUT2D eigenvalue weighted by Crippen LogP contribution is 2.38. The fourth-order valence-corrected chi connectivity index (χ4v) is 6.09. The number of aliphatic hydroxyl groups is 1. The van der Waals surface area contributed by atoms with E-state index in [1.165, 1.54) is 0 Å². The predicted octanol–water partition coefficient (Wildman–Crippen LogP) is 4.83. The largest absolute Gasteiger partial charge is 0.393 e. The van der Waals surface area contributed by atoms with E-state index in [4.69, 9.17) is 0 Å². The van der Waals surface area contributed by atoms with Crippen LogP contribution in [0.15, 0.2) is 47.5 Å². The van der Waals surface area contributed by atoms with Crippen LogP contribution in [-0.2, 0) is 9.84 Å². The average molecular weight is 506 g/mol. The highest BCUT2D eigenvalue weighted by Gasteiger charge is 2.25. The van der Waals surface area contributed by atoms with Gasteiger partial charge in [0.15, 0.2) is 9.84 Å². The zero-order valence-electron chi connectivity index (χ0n) is 20.8. The maximum Gasteiger partial charge on any atom is 0.251 e. The van der Waals surface area contributed by atoms with Gasteiger partial charge in [-0.1, -0.05) is 19.1 Å². The molecular formula is C28H31N3O4S. The molecule has 2 aromatic heterocycles. The molecule has 0 aliphatic heterocycles. The number of rotatable bonds is 5. The number of aromatic amines is 1. The van der Waals surface area contributed by atoms with Gasteiger partial charge < -0.3 is 15.4 Å². The van der Waals surface area contributed by atoms with Crippen LogP contribution < -0.4 is 5.32 Å². The third kappa shape index (κ3) is 4.40. The summed E-state index contributed by atoms with van der Waals surface area (Å²) in [5.41, 5.74) is 5.41. The average Bonchev–Trinajstić information content (AvgIpc) is 3.25. The van der Waals surface area contributed by atoms with Crippen molar-refractivity contribution in [3.63, 3.8) is 0 Å². The maximum atomic E-state index is 13.5. The number of benzene rings is 2. The molecule has 0 bridgehead atoms. The van der Waals surface area contributed by atoms with Gasteiger partial charge in [-0.15, -0.1) is 0 Å². The number of carbonyl (C=O) groups is 1. The number of sulfone groups is 1. The van der Waals surface area contributed by atoms with E-state index in [2.05, 4.69) is 21.4 Å². The minimum atomic E-state index is -3.40. The molecule has 0 spiro atoms. The van der Waals surface area contributed by atoms with Crippen molar-refractivity contribution in [1.82, 2.24) is 15.3 Å². The first-order valence-electron chi connectivity index (χ1n) is 12.4. The number of carbonyl (C=O) groups excluding carboxylic acids is 1. The van der Waals surface area contributed by atoms with Gasteiger partial charge in [0.05, 0.1) is 22.3 Å². The number of hydrogen-bond donors (Lipinski definition) is 3. The third-order valence-corrected chi connectivity index (χ3v) is 9.02. The van der Waals surface area contributed by atoms with Gasteiger partial charge in [-0.25, -0.2) is 13.4 Å². The maximum absolute atomic E-state index is 13.5. The van der Waals surface area contributed by atoms with Crippen LogP contribution in [-0.4, -0.2) is 47.3 Å². The van der Waals surface area contributed by atoms with E-state index in [1.807, 2.05) is 26.0 Å². The molecule has 3 N–H and O–H groups in total. The molecule has 4 aromatic rings. The highest BCUT2D eigenvalue weighted by molar-refractivity contribution is 7.91. The summed E-state index contributed by atoms with van der Waals surface area (Å²) in [6, 6.07) is 10.9. The molecule has 188 valence electrons. The van der Waals surface area contributed by atoms with Crippen LogP contribution in [0.25, 0.3) is 33.1 Å². The van der Waals surface area contributed by atoms with Crippen molar-refractivity contribution in [1.29, 1.82) is 0 Å². The number of hydrogen-bond acceptors (Lipinski definition) is 5. The molecule has 1 amide bonds. The second-order valence-electron chi connectivity index (χ2n) is 9.79. The molecule has 0 unspecified atom stereocenters. The molecule has 1 fully saturated rings. The van der Waals surface area contributed by atoms with Gasteiger partial charge in [-0.05, 0) is 86.1 Å². The molecular weight excluding hydrogens is 474 g/mol. The summed E-state index contributed by atoms with van der Waals surface area (Å²) in [6.07, 6.45) is 4.35. The van der Waals surface area contributed by atoms with E-state index >= 15 is 0 Å². The van der Waals surface area contributed by atoms with Crippen LogP contribution in [0.4, 0.5) is 0 Å². The lowest BCUT2D eigenvalue weighted by atomic mass is 9.91. The van der Waals surface area contributed by atoms with Gasteiger partial charge >= 0.3 is 0 Å². The molecule has 8 heteroatoms. The van der Waals surface area contributed by atoms with Gasteiger partial charge in [0, 0.05) is 28.6 Å². The van der Waals surface area contributed by atoms with Crippen LogP contribution in [0.5, 0.6) is 0 Å². The van der Waals surface area contributed by atoms with Gasteiger partial charge in [0.1, 0.15) is 5.65 Å². The molecule has 1 aliphatic carbocycles. The lowest BCUT2D eigenvalue weighted by Gasteiger charge is -2.26. The van der Waals surface area contributed by atoms with Crippen molar-refractivity contribution < 1.29 is 18.3 Å². The van der Waals surface area contributed by atoms with Crippen molar-refractivity contribution in [3.8, 4) is 11.1 Å². The lowest BCUT2D eigenvalue weighted by molar-refractivity contribution is 0.0867. The smallest absolute Gasteiger partial charge is 0.251 e. The predicted molar refractivity (Wildman–Crippen MR) is 142 cm³/mol. The normalized spacial score (nSPS) is 18.6. The minimum absolute atomic E-state index is 0.0136. The van der Waals surface area contributed by atoms with E-state index < -0.39 is 9.84 Å². The summed E-state index contributed by atoms with van der Waals surface area (Å²) in [5, 5.41) is 14.8. The van der Waals surface area contributed by atoms with Crippen molar-refractivity contribution in [3.05, 3.63) is 59.3 Å². The van der Waals surface area contributed by atoms with Crippen molar-refractivity contribution in [2.75, 3.05) is 5.75 Å². The topological polar surface area (TPSA) is 112 Å². The first-order chi connectivity index (χ1) is 17.2. The van der Waals surface area contributed by atoms with Gasteiger partial charge in [-0.2, -0.15) is 0 Å². The van der Waals surface area contributed by atoms with Crippen molar-refractivity contribution in [2.45, 2.75) is 63.5 Å². The first-order valence-corrected chi connectivity index (χ1v) is 14.1. The van der Waals surface area contributed by atoms with Crippen LogP contribution in [0.2, 0.25) is 0 Å². The molecule has 5 rings (SSSR count). The quantitative estimate of drug-likeness (QED) is 0.360. The number of amides is 1. The van der Waals surface area contributed by atoms with E-state index in [-0.39, 0.29) is 28.7 Å². The van der Waals surface area contributed by atoms with Gasteiger partial charge in [0.2, 0.25) is 0 Å². The summed E-state index contributed by atoms with van der Waals surface area (Å²) in [4.78, 5) is 21.7. The summed E-state index contributed by atoms with van der Waals surface area (Å²) in [7, 11) is -3.40. The van der Waals surface area contributed by atoms with Gasteiger partial charge in [-0.3, -0.25) is 4.79 Å². The fraction of sp³-hybridized carbons (Fsp3) is 0.357. The number of pyridine rings is 1. The Balaban J connectivity index is 1.71. The highest BCUT2D eigenvalue weighted by atomic mass is 32.2. The summed E-state index contributed by atoms with van der Waals surface area (Å²) >= 11 is 0. The van der Waals surface area contributed by atoms with Crippen molar-refractivity contribution >= 4 is 37.7 Å². The lowest BCUT2D eigenvalue weighted by Crippen LogP contribution is -2.38. The molecule has 0 atom stereocenters. The van der Waals surface area contributed by atoms with Crippen LogP contribution in [0.3, 0.4) is 0 Å². The number of nitrogens with one attached hydrogen (secondary N) is 2. The number of fused-ring (bicyclic) bond motifs is 3. The molecule has 2 aromatic carbocycles. The molecule has 1 aliphatic rings. The molecule has 2 heterocycles. The Hall–Kier alpha value is -3.23. The number of aromatic nitrogens is 2. The Morgan fingerprint density at radius 2 is 1.89 bits per heavy atom. The summed E-state index contributed by atoms with van der Waals surface area (Å²) in [5.74, 6) is -0.156. The molecule has 0 saturated heterocycles. The number of nitrogens with zero attached hydrogens (tertiary/aromatic N) is 1. The second-order valence-corrected chi connectivity index (χ2v) is 12.1. The number of aliphatic hydroxyl groups excluding tert-OH is 1. The minimum Gasteiger partial charge on any atom is -0.393 e. The summed E-state index contributed by atoms with van der Waals surface area (Å²) in [6.45, 7) is 5.54. The van der Waals surface area contributed by atoms with E-state index in [0.29, 0.717) is 18.4 Å². The molecule has 1 saturated carbocycles. The van der Waals surface area contributed by atoms with E-state index in [1.54, 1.807) is 31.3 Å². The Morgan fingerprint density at radius 3 is 2.61 bits per heavy atom. The molecule has 7 nitrogen and oxygen atoms in total. The SMILES string of the molecule is CCS(=O)(=O)c1cccc(-c2cc(C(=O)N[C@H]3CC[C@H](O)CC3)c(C)c3[nH]c4ncc(C)cc4c23)c1. The van der Waals surface area contributed by atoms with Crippen LogP contribution in [0.1, 0.15) is 54.1 Å². The first kappa shape index (κ1) is 24.5. The number of aryl methyl sites for hydroxylation is 2. The van der Waals surface area contributed by atoms with Gasteiger partial charge in [0.25, 0.3) is 5.91 Å². The fourth-order valence-electron chi connectivity index (χ4n) is 5.17. The van der Waals surface area contributed by atoms with Crippen LogP contribution >= 0.6 is 0 Å². The third-order valence-electron chi connectivity index (χ3n) is 7.28. The van der Waals surface area contributed by atoms with E-state index in [0.717, 1.165) is 57.0 Å². The Morgan fingerprint density at radius 1 is 1.14 bits per heavy atom. The zero-order chi connectivity index (χ0) is 25.6. The Labute approximate surface area is 210 Å². The Bertz CT molecular complexity index is 1580. The number of H-pyrrole nitrogens is 1. The van der Waals surface area contributed by atoms with E-state index in [9.17, 15) is 18.3 Å². The van der Waals surface area contributed by atoms with Crippen molar-refractivity contribution in [2.24, 2.45) is 0 Å². The molecule has 0 radical (unpaired) electrons. The summed E-state index contributed by atoms with van der Waals surface area (Å²) < 4.78 is 25.3. The second kappa shape index (κ2) is 9.33. The Kier molecular flexibility index (Phi) is 6.34. The zero-order valence-corrected chi connectivity index (χ0v) is 21.6. The molecule has 36 heavy (non-hydrogen) atoms. The standard InChI is InChI=1S/C28H31N3O4S/c1-4-36(34,35)21-7-5-6-18(13-21)23-14-22(28(33)30-19-8-10-20(32)11-9-19)17(3)26-25(23)24-12-16(2)15-29-27(24)31-26/h5-7,12-15,19-20,32H,4,8-11H2,1-3H3,(H,29,31)(H,30,33)/t19-,20-. The monoisotopic (exact) mass is 505 g/mol. The van der Waals surface area contributed by atoms with Crippen LogP contribution in [0, 0.1) is 13.8 Å².